The van der Waals surface area contributed by atoms with Crippen molar-refractivity contribution in [2.45, 2.75) is 37.1 Å². The Morgan fingerprint density at radius 1 is 0.921 bits per heavy atom. The summed E-state index contributed by atoms with van der Waals surface area (Å²) in [5.41, 5.74) is -1.33. The van der Waals surface area contributed by atoms with Crippen LogP contribution in [0.1, 0.15) is 29.6 Å². The fourth-order valence-electron chi connectivity index (χ4n) is 4.48. The smallest absolute Gasteiger partial charge is 0.338 e. The number of carboxylic acids is 1. The van der Waals surface area contributed by atoms with E-state index in [9.17, 15) is 24.9 Å². The molecule has 198 valence electrons. The predicted octanol–water partition coefficient (Wildman–Crippen LogP) is 4.62. The average Bonchev–Trinajstić information content (AvgIpc) is 3.21. The highest BCUT2D eigenvalue weighted by Crippen LogP contribution is 2.41. The maximum atomic E-state index is 12.9. The van der Waals surface area contributed by atoms with Crippen molar-refractivity contribution in [1.82, 2.24) is 0 Å². The Hall–Kier alpha value is -4.14. The van der Waals surface area contributed by atoms with Gasteiger partial charge in [0.2, 0.25) is 0 Å². The van der Waals surface area contributed by atoms with Gasteiger partial charge in [-0.15, -0.1) is 0 Å². The van der Waals surface area contributed by atoms with Crippen molar-refractivity contribution in [2.75, 3.05) is 6.61 Å². The lowest BCUT2D eigenvalue weighted by molar-refractivity contribution is -0.143. The number of aliphatic hydroxyl groups excluding tert-OH is 1. The summed E-state index contributed by atoms with van der Waals surface area (Å²) >= 11 is 0. The largest absolute Gasteiger partial charge is 0.491 e. The van der Waals surface area contributed by atoms with Crippen molar-refractivity contribution in [3.63, 3.8) is 0 Å². The molecule has 0 amide bonds. The molecule has 3 aromatic carbocycles. The van der Waals surface area contributed by atoms with Gasteiger partial charge in [-0.2, -0.15) is 0 Å². The van der Waals surface area contributed by atoms with Crippen LogP contribution < -0.4 is 9.47 Å². The van der Waals surface area contributed by atoms with Crippen LogP contribution in [0.25, 0.3) is 0 Å². The van der Waals surface area contributed by atoms with E-state index in [1.807, 2.05) is 48.5 Å². The molecule has 1 aliphatic carbocycles. The molecular formula is C30H30O8. The number of benzene rings is 3. The number of aliphatic hydroxyl groups is 2. The molecule has 1 fully saturated rings. The molecule has 1 aliphatic rings. The van der Waals surface area contributed by atoms with E-state index in [2.05, 4.69) is 0 Å². The van der Waals surface area contributed by atoms with Crippen LogP contribution in [0, 0.1) is 5.92 Å². The molecule has 8 nitrogen and oxygen atoms in total. The highest BCUT2D eigenvalue weighted by Gasteiger charge is 2.49. The zero-order valence-electron chi connectivity index (χ0n) is 20.7. The summed E-state index contributed by atoms with van der Waals surface area (Å²) in [6.07, 6.45) is 1.05. The maximum absolute atomic E-state index is 12.9. The molecule has 4 unspecified atom stereocenters. The summed E-state index contributed by atoms with van der Waals surface area (Å²) in [5, 5.41) is 30.8. The molecular weight excluding hydrogens is 488 g/mol. The molecule has 0 bridgehead atoms. The van der Waals surface area contributed by atoms with Gasteiger partial charge in [-0.1, -0.05) is 48.6 Å². The highest BCUT2D eigenvalue weighted by molar-refractivity contribution is 5.89. The van der Waals surface area contributed by atoms with E-state index < -0.39 is 42.1 Å². The molecule has 3 N–H and O–H groups in total. The molecule has 0 aromatic heterocycles. The number of ether oxygens (including phenoxy) is 3. The van der Waals surface area contributed by atoms with Gasteiger partial charge in [0.15, 0.2) is 0 Å². The van der Waals surface area contributed by atoms with Crippen LogP contribution in [0.2, 0.25) is 0 Å². The number of carbonyl (C=O) groups is 2. The van der Waals surface area contributed by atoms with Crippen LogP contribution >= 0.6 is 0 Å². The minimum atomic E-state index is -1.62. The number of carbonyl (C=O) groups excluding carboxylic acids is 1. The number of aliphatic carboxylic acids is 1. The first kappa shape index (κ1) is 26.9. The number of para-hydroxylation sites is 2. The molecule has 0 saturated heterocycles. The molecule has 4 rings (SSSR count). The second-order valence-corrected chi connectivity index (χ2v) is 9.20. The van der Waals surface area contributed by atoms with E-state index in [4.69, 9.17) is 14.2 Å². The summed E-state index contributed by atoms with van der Waals surface area (Å²) in [6.45, 7) is -0.0353. The lowest BCUT2D eigenvalue weighted by atomic mass is 9.86. The first-order chi connectivity index (χ1) is 18.3. The molecule has 0 aliphatic heterocycles. The Bertz CT molecular complexity index is 1230. The van der Waals surface area contributed by atoms with Crippen LogP contribution in [0.3, 0.4) is 0 Å². The van der Waals surface area contributed by atoms with Gasteiger partial charge in [-0.25, -0.2) is 4.79 Å². The molecule has 38 heavy (non-hydrogen) atoms. The van der Waals surface area contributed by atoms with Crippen molar-refractivity contribution in [1.29, 1.82) is 0 Å². The van der Waals surface area contributed by atoms with Gasteiger partial charge in [0.05, 0.1) is 17.6 Å². The standard InChI is InChI=1S/C30H30O8/c31-22(20-36-23-7-3-1-4-8-23)13-16-26-27(17-18-30(26,35)19-28(32)33)38-29(34)21-11-14-25(15-12-21)37-24-9-5-2-6-10-24/h1-16,22,26-27,31,35H,17-20H2,(H,32,33). The van der Waals surface area contributed by atoms with E-state index >= 15 is 0 Å². The summed E-state index contributed by atoms with van der Waals surface area (Å²) in [5.74, 6) is -0.786. The SMILES string of the molecule is O=C(O)CC1(O)CCC(OC(=O)c2ccc(Oc3ccccc3)cc2)C1C=CC(O)COc1ccccc1. The molecule has 0 radical (unpaired) electrons. The van der Waals surface area contributed by atoms with E-state index in [1.165, 1.54) is 12.2 Å². The van der Waals surface area contributed by atoms with Crippen molar-refractivity contribution in [3.05, 3.63) is 103 Å². The maximum Gasteiger partial charge on any atom is 0.338 e. The lowest BCUT2D eigenvalue weighted by Gasteiger charge is -2.29. The molecule has 3 aromatic rings. The van der Waals surface area contributed by atoms with Gasteiger partial charge in [0, 0.05) is 5.92 Å². The van der Waals surface area contributed by atoms with Crippen LogP contribution in [-0.2, 0) is 9.53 Å². The quantitative estimate of drug-likeness (QED) is 0.248. The number of hydrogen-bond donors (Lipinski definition) is 3. The number of rotatable bonds is 11. The van der Waals surface area contributed by atoms with Gasteiger partial charge in [0.25, 0.3) is 0 Å². The summed E-state index contributed by atoms with van der Waals surface area (Å²) < 4.78 is 17.0. The number of carboxylic acid groups (broad SMARTS) is 1. The summed E-state index contributed by atoms with van der Waals surface area (Å²) in [7, 11) is 0. The zero-order valence-corrected chi connectivity index (χ0v) is 20.7. The van der Waals surface area contributed by atoms with Crippen LogP contribution in [-0.4, -0.2) is 51.7 Å². The van der Waals surface area contributed by atoms with Crippen molar-refractivity contribution in [2.24, 2.45) is 5.92 Å². The Balaban J connectivity index is 1.41. The fraction of sp³-hybridized carbons (Fsp3) is 0.267. The molecule has 0 heterocycles. The summed E-state index contributed by atoms with van der Waals surface area (Å²) in [6, 6.07) is 24.7. The predicted molar refractivity (Wildman–Crippen MR) is 139 cm³/mol. The van der Waals surface area contributed by atoms with Crippen LogP contribution in [0.15, 0.2) is 97.1 Å². The second-order valence-electron chi connectivity index (χ2n) is 9.20. The third-order valence-corrected chi connectivity index (χ3v) is 6.37. The molecule has 4 atom stereocenters. The van der Waals surface area contributed by atoms with Crippen LogP contribution in [0.4, 0.5) is 0 Å². The Kier molecular flexibility index (Phi) is 8.78. The monoisotopic (exact) mass is 518 g/mol. The second kappa shape index (κ2) is 12.4. The number of esters is 1. The Morgan fingerprint density at radius 3 is 2.16 bits per heavy atom. The van der Waals surface area contributed by atoms with Gasteiger partial charge in [0.1, 0.15) is 36.1 Å². The Labute approximate surface area is 220 Å². The fourth-order valence-corrected chi connectivity index (χ4v) is 4.48. The third kappa shape index (κ3) is 7.21. The van der Waals surface area contributed by atoms with Crippen LogP contribution in [0.5, 0.6) is 17.2 Å². The first-order valence-electron chi connectivity index (χ1n) is 12.3. The first-order valence-corrected chi connectivity index (χ1v) is 12.3. The third-order valence-electron chi connectivity index (χ3n) is 6.37. The topological polar surface area (TPSA) is 123 Å². The minimum Gasteiger partial charge on any atom is -0.491 e. The highest BCUT2D eigenvalue weighted by atomic mass is 16.5. The number of hydrogen-bond acceptors (Lipinski definition) is 7. The van der Waals surface area contributed by atoms with Crippen molar-refractivity contribution in [3.8, 4) is 17.2 Å². The normalized spacial score (nSPS) is 21.6. The van der Waals surface area contributed by atoms with Gasteiger partial charge < -0.3 is 29.5 Å². The minimum absolute atomic E-state index is 0.0353. The average molecular weight is 519 g/mol. The molecule has 1 saturated carbocycles. The van der Waals surface area contributed by atoms with Gasteiger partial charge >= 0.3 is 11.9 Å². The lowest BCUT2D eigenvalue weighted by Crippen LogP contribution is -2.39. The van der Waals surface area contributed by atoms with Crippen molar-refractivity contribution >= 4 is 11.9 Å². The van der Waals surface area contributed by atoms with E-state index in [1.54, 1.807) is 36.4 Å². The van der Waals surface area contributed by atoms with Gasteiger partial charge in [-0.05, 0) is 61.4 Å². The van der Waals surface area contributed by atoms with Gasteiger partial charge in [-0.3, -0.25) is 4.79 Å². The van der Waals surface area contributed by atoms with E-state index in [-0.39, 0.29) is 25.0 Å². The van der Waals surface area contributed by atoms with Crippen molar-refractivity contribution < 1.29 is 39.1 Å². The molecule has 0 spiro atoms. The van der Waals surface area contributed by atoms with E-state index in [0.717, 1.165) is 0 Å². The molecule has 8 heteroatoms. The summed E-state index contributed by atoms with van der Waals surface area (Å²) in [4.78, 5) is 24.3. The van der Waals surface area contributed by atoms with E-state index in [0.29, 0.717) is 17.2 Å². The Morgan fingerprint density at radius 2 is 1.53 bits per heavy atom. The zero-order chi connectivity index (χ0) is 27.0.